The van der Waals surface area contributed by atoms with Crippen LogP contribution < -0.4 is 15.0 Å². The first-order valence-corrected chi connectivity index (χ1v) is 6.47. The lowest BCUT2D eigenvalue weighted by atomic mass is 9.97. The smallest absolute Gasteiger partial charge is 0.261 e. The van der Waals surface area contributed by atoms with E-state index in [1.54, 1.807) is 37.2 Å². The van der Waals surface area contributed by atoms with E-state index >= 15 is 0 Å². The first kappa shape index (κ1) is 14.4. The molecular formula is C15H20N2O3. The number of hydrogen-bond donors (Lipinski definition) is 0. The molecule has 2 rings (SSSR count). The molecule has 5 nitrogen and oxygen atoms in total. The number of hydrogen-bond acceptors (Lipinski definition) is 4. The maximum Gasteiger partial charge on any atom is 0.261 e. The third kappa shape index (κ3) is 2.76. The molecule has 0 fully saturated rings. The van der Waals surface area contributed by atoms with Gasteiger partial charge in [0.1, 0.15) is 0 Å². The summed E-state index contributed by atoms with van der Waals surface area (Å²) in [5.74, 6) is 1.10. The number of benzene rings is 1. The summed E-state index contributed by atoms with van der Waals surface area (Å²) in [5.41, 5.74) is 0.555. The molecule has 0 unspecified atom stereocenters. The maximum atomic E-state index is 12.5. The lowest BCUT2D eigenvalue weighted by Crippen LogP contribution is -2.27. The fourth-order valence-corrected chi connectivity index (χ4v) is 2.11. The average Bonchev–Trinajstić information content (AvgIpc) is 2.39. The van der Waals surface area contributed by atoms with Crippen LogP contribution in [0.25, 0.3) is 10.9 Å². The van der Waals surface area contributed by atoms with Gasteiger partial charge in [0.15, 0.2) is 11.5 Å². The van der Waals surface area contributed by atoms with Crippen LogP contribution in [0, 0.1) is 5.41 Å². The number of ether oxygens (including phenoxy) is 2. The highest BCUT2D eigenvalue weighted by Gasteiger charge is 2.15. The predicted octanol–water partition coefficient (Wildman–Crippen LogP) is 2.46. The van der Waals surface area contributed by atoms with Gasteiger partial charge in [0.05, 0.1) is 31.4 Å². The van der Waals surface area contributed by atoms with E-state index in [4.69, 9.17) is 9.47 Å². The van der Waals surface area contributed by atoms with Crippen LogP contribution in [0.5, 0.6) is 11.5 Å². The van der Waals surface area contributed by atoms with Crippen molar-refractivity contribution in [2.45, 2.75) is 27.3 Å². The molecule has 0 aliphatic carbocycles. The van der Waals surface area contributed by atoms with Gasteiger partial charge in [-0.15, -0.1) is 0 Å². The third-order valence-electron chi connectivity index (χ3n) is 2.97. The Morgan fingerprint density at radius 1 is 1.15 bits per heavy atom. The molecule has 1 aromatic carbocycles. The molecule has 0 aliphatic heterocycles. The minimum Gasteiger partial charge on any atom is -0.493 e. The summed E-state index contributed by atoms with van der Waals surface area (Å²) in [4.78, 5) is 16.8. The Kier molecular flexibility index (Phi) is 3.70. The van der Waals surface area contributed by atoms with Crippen molar-refractivity contribution in [2.75, 3.05) is 14.2 Å². The number of nitrogens with zero attached hydrogens (tertiary/aromatic N) is 2. The summed E-state index contributed by atoms with van der Waals surface area (Å²) in [6.07, 6.45) is 1.59. The molecule has 5 heteroatoms. The van der Waals surface area contributed by atoms with Gasteiger partial charge in [-0.1, -0.05) is 20.8 Å². The third-order valence-corrected chi connectivity index (χ3v) is 2.97. The molecule has 0 bridgehead atoms. The Morgan fingerprint density at radius 3 is 2.30 bits per heavy atom. The van der Waals surface area contributed by atoms with Gasteiger partial charge in [-0.25, -0.2) is 4.98 Å². The van der Waals surface area contributed by atoms with E-state index in [1.165, 1.54) is 0 Å². The van der Waals surface area contributed by atoms with E-state index < -0.39 is 0 Å². The molecule has 0 saturated heterocycles. The second kappa shape index (κ2) is 5.15. The minimum absolute atomic E-state index is 0.00966. The molecular weight excluding hydrogens is 256 g/mol. The van der Waals surface area contributed by atoms with Gasteiger partial charge in [0.2, 0.25) is 0 Å². The molecule has 2 aromatic rings. The van der Waals surface area contributed by atoms with Crippen molar-refractivity contribution >= 4 is 10.9 Å². The molecule has 0 N–H and O–H groups in total. The van der Waals surface area contributed by atoms with Crippen LogP contribution in [0.3, 0.4) is 0 Å². The molecule has 1 aromatic heterocycles. The maximum absolute atomic E-state index is 12.5. The zero-order valence-corrected chi connectivity index (χ0v) is 12.6. The van der Waals surface area contributed by atoms with Gasteiger partial charge in [0, 0.05) is 12.6 Å². The summed E-state index contributed by atoms with van der Waals surface area (Å²) in [6, 6.07) is 3.40. The summed E-state index contributed by atoms with van der Waals surface area (Å²) in [5, 5.41) is 0.536. The first-order chi connectivity index (χ1) is 9.35. The molecule has 0 radical (unpaired) electrons. The van der Waals surface area contributed by atoms with E-state index in [1.807, 2.05) is 0 Å². The van der Waals surface area contributed by atoms with E-state index in [0.29, 0.717) is 28.9 Å². The molecule has 0 amide bonds. The van der Waals surface area contributed by atoms with Crippen molar-refractivity contribution in [3.63, 3.8) is 0 Å². The highest BCUT2D eigenvalue weighted by Crippen LogP contribution is 2.29. The fourth-order valence-electron chi connectivity index (χ4n) is 2.11. The summed E-state index contributed by atoms with van der Waals surface area (Å²) >= 11 is 0. The van der Waals surface area contributed by atoms with Crippen LogP contribution in [-0.2, 0) is 6.54 Å². The zero-order valence-electron chi connectivity index (χ0n) is 12.6. The topological polar surface area (TPSA) is 53.4 Å². The van der Waals surface area contributed by atoms with Crippen LogP contribution in [0.1, 0.15) is 20.8 Å². The van der Waals surface area contributed by atoms with Crippen molar-refractivity contribution < 1.29 is 9.47 Å². The minimum atomic E-state index is -0.0640. The second-order valence-electron chi connectivity index (χ2n) is 5.96. The predicted molar refractivity (Wildman–Crippen MR) is 78.6 cm³/mol. The molecule has 0 spiro atoms. The molecule has 0 saturated carbocycles. The van der Waals surface area contributed by atoms with Gasteiger partial charge < -0.3 is 9.47 Å². The number of rotatable bonds is 3. The number of methoxy groups -OCH3 is 2. The average molecular weight is 276 g/mol. The number of aromatic nitrogens is 2. The SMILES string of the molecule is COc1cc2ncn(CC(C)(C)C)c(=O)c2cc1OC. The molecule has 20 heavy (non-hydrogen) atoms. The Labute approximate surface area is 118 Å². The van der Waals surface area contributed by atoms with Crippen LogP contribution in [0.4, 0.5) is 0 Å². The summed E-state index contributed by atoms with van der Waals surface area (Å²) in [7, 11) is 3.11. The summed E-state index contributed by atoms with van der Waals surface area (Å²) in [6.45, 7) is 6.86. The monoisotopic (exact) mass is 276 g/mol. The zero-order chi connectivity index (χ0) is 14.9. The van der Waals surface area contributed by atoms with E-state index in [0.717, 1.165) is 0 Å². The van der Waals surface area contributed by atoms with Gasteiger partial charge in [-0.05, 0) is 11.5 Å². The van der Waals surface area contributed by atoms with Crippen molar-refractivity contribution in [2.24, 2.45) is 5.41 Å². The Balaban J connectivity index is 2.64. The van der Waals surface area contributed by atoms with Crippen molar-refractivity contribution in [1.29, 1.82) is 0 Å². The van der Waals surface area contributed by atoms with Crippen molar-refractivity contribution in [3.05, 3.63) is 28.8 Å². The van der Waals surface area contributed by atoms with Crippen LogP contribution >= 0.6 is 0 Å². The molecule has 108 valence electrons. The standard InChI is InChI=1S/C15H20N2O3/c1-15(2,3)8-17-9-16-11-7-13(20-5)12(19-4)6-10(11)14(17)18/h6-7,9H,8H2,1-5H3. The molecule has 0 aliphatic rings. The van der Waals surface area contributed by atoms with Crippen LogP contribution in [0.15, 0.2) is 23.3 Å². The fraction of sp³-hybridized carbons (Fsp3) is 0.467. The highest BCUT2D eigenvalue weighted by atomic mass is 16.5. The van der Waals surface area contributed by atoms with Crippen LogP contribution in [-0.4, -0.2) is 23.8 Å². The van der Waals surface area contributed by atoms with Gasteiger partial charge in [-0.2, -0.15) is 0 Å². The van der Waals surface area contributed by atoms with Crippen molar-refractivity contribution in [3.8, 4) is 11.5 Å². The largest absolute Gasteiger partial charge is 0.493 e. The van der Waals surface area contributed by atoms with Gasteiger partial charge in [-0.3, -0.25) is 9.36 Å². The van der Waals surface area contributed by atoms with Crippen LogP contribution in [0.2, 0.25) is 0 Å². The Hall–Kier alpha value is -2.04. The normalized spacial score (nSPS) is 11.7. The summed E-state index contributed by atoms with van der Waals surface area (Å²) < 4.78 is 12.1. The molecule has 1 heterocycles. The van der Waals surface area contributed by atoms with Gasteiger partial charge in [0.25, 0.3) is 5.56 Å². The lowest BCUT2D eigenvalue weighted by molar-refractivity contribution is 0.337. The Morgan fingerprint density at radius 2 is 1.75 bits per heavy atom. The van der Waals surface area contributed by atoms with E-state index in [9.17, 15) is 4.79 Å². The lowest BCUT2D eigenvalue weighted by Gasteiger charge is -2.19. The molecule has 0 atom stereocenters. The first-order valence-electron chi connectivity index (χ1n) is 6.47. The van der Waals surface area contributed by atoms with Gasteiger partial charge >= 0.3 is 0 Å². The highest BCUT2D eigenvalue weighted by molar-refractivity contribution is 5.81. The van der Waals surface area contributed by atoms with Crippen molar-refractivity contribution in [1.82, 2.24) is 9.55 Å². The number of fused-ring (bicyclic) bond motifs is 1. The second-order valence-corrected chi connectivity index (χ2v) is 5.96. The Bertz CT molecular complexity index is 684. The van der Waals surface area contributed by atoms with E-state index in [-0.39, 0.29) is 11.0 Å². The van der Waals surface area contributed by atoms with E-state index in [2.05, 4.69) is 25.8 Å². The quantitative estimate of drug-likeness (QED) is 0.864.